The molecule has 2 heterocycles. The Morgan fingerprint density at radius 3 is 2.88 bits per heavy atom. The van der Waals surface area contributed by atoms with Crippen LogP contribution in [0.25, 0.3) is 5.65 Å². The normalized spacial score (nSPS) is 26.7. The lowest BCUT2D eigenvalue weighted by molar-refractivity contribution is 0.0913. The van der Waals surface area contributed by atoms with E-state index in [1.54, 1.807) is 12.3 Å². The first-order chi connectivity index (χ1) is 11.5. The van der Waals surface area contributed by atoms with E-state index in [9.17, 15) is 9.59 Å². The van der Waals surface area contributed by atoms with Crippen molar-refractivity contribution in [1.82, 2.24) is 14.7 Å². The van der Waals surface area contributed by atoms with Gasteiger partial charge in [-0.15, -0.1) is 0 Å². The SMILES string of the molecule is Cc1ccc2ncc(C(=O)NC(C)C3CC4CCC3C4)c(=O)n2c1. The Balaban J connectivity index is 1.57. The summed E-state index contributed by atoms with van der Waals surface area (Å²) in [4.78, 5) is 29.5. The maximum Gasteiger partial charge on any atom is 0.270 e. The van der Waals surface area contributed by atoms with Crippen LogP contribution in [0, 0.1) is 24.7 Å². The van der Waals surface area contributed by atoms with Crippen molar-refractivity contribution in [2.75, 3.05) is 0 Å². The molecule has 0 saturated heterocycles. The van der Waals surface area contributed by atoms with Gasteiger partial charge in [-0.05, 0) is 62.5 Å². The van der Waals surface area contributed by atoms with E-state index >= 15 is 0 Å². The van der Waals surface area contributed by atoms with Gasteiger partial charge in [-0.3, -0.25) is 14.0 Å². The van der Waals surface area contributed by atoms with Gasteiger partial charge in [-0.25, -0.2) is 4.98 Å². The molecule has 126 valence electrons. The fraction of sp³-hybridized carbons (Fsp3) is 0.526. The van der Waals surface area contributed by atoms with E-state index in [0.717, 1.165) is 17.4 Å². The van der Waals surface area contributed by atoms with E-state index in [4.69, 9.17) is 0 Å². The number of amides is 1. The van der Waals surface area contributed by atoms with Crippen LogP contribution in [0.5, 0.6) is 0 Å². The first kappa shape index (κ1) is 15.4. The number of rotatable bonds is 3. The van der Waals surface area contributed by atoms with Crippen LogP contribution >= 0.6 is 0 Å². The maximum atomic E-state index is 12.6. The Hall–Kier alpha value is -2.17. The molecule has 2 bridgehead atoms. The molecular formula is C19H23N3O2. The Morgan fingerprint density at radius 2 is 2.17 bits per heavy atom. The fourth-order valence-electron chi connectivity index (χ4n) is 4.64. The minimum atomic E-state index is -0.307. The Kier molecular flexibility index (Phi) is 3.66. The third-order valence-corrected chi connectivity index (χ3v) is 5.89. The van der Waals surface area contributed by atoms with Crippen LogP contribution in [0.3, 0.4) is 0 Å². The summed E-state index contributed by atoms with van der Waals surface area (Å²) in [6.07, 6.45) is 8.27. The van der Waals surface area contributed by atoms with E-state index in [1.165, 1.54) is 36.3 Å². The van der Waals surface area contributed by atoms with Crippen molar-refractivity contribution in [3.8, 4) is 0 Å². The van der Waals surface area contributed by atoms with Crippen molar-refractivity contribution in [2.24, 2.45) is 17.8 Å². The minimum absolute atomic E-state index is 0.102. The number of nitrogens with zero attached hydrogens (tertiary/aromatic N) is 2. The third-order valence-electron chi connectivity index (χ3n) is 5.89. The van der Waals surface area contributed by atoms with Crippen LogP contribution in [0.4, 0.5) is 0 Å². The molecule has 5 heteroatoms. The predicted molar refractivity (Wildman–Crippen MR) is 92.1 cm³/mol. The highest BCUT2D eigenvalue weighted by Gasteiger charge is 2.42. The zero-order chi connectivity index (χ0) is 16.8. The number of aryl methyl sites for hydroxylation is 1. The molecule has 4 rings (SSSR count). The number of carbonyl (C=O) groups excluding carboxylic acids is 1. The molecule has 0 aromatic carbocycles. The molecule has 0 radical (unpaired) electrons. The number of hydrogen-bond acceptors (Lipinski definition) is 3. The standard InChI is InChI=1S/C19H23N3O2/c1-11-3-6-17-20-9-16(19(24)22(17)10-11)18(23)21-12(2)15-8-13-4-5-14(15)7-13/h3,6,9-10,12-15H,4-5,7-8H2,1-2H3,(H,21,23). The molecule has 2 aromatic rings. The molecule has 1 amide bonds. The average Bonchev–Trinajstić information content (AvgIpc) is 3.18. The summed E-state index contributed by atoms with van der Waals surface area (Å²) in [5, 5.41) is 3.05. The quantitative estimate of drug-likeness (QED) is 0.943. The molecule has 0 aliphatic heterocycles. The fourth-order valence-corrected chi connectivity index (χ4v) is 4.64. The zero-order valence-corrected chi connectivity index (χ0v) is 14.2. The molecular weight excluding hydrogens is 302 g/mol. The molecule has 2 aromatic heterocycles. The smallest absolute Gasteiger partial charge is 0.270 e. The van der Waals surface area contributed by atoms with Crippen LogP contribution < -0.4 is 10.9 Å². The van der Waals surface area contributed by atoms with Gasteiger partial charge >= 0.3 is 0 Å². The van der Waals surface area contributed by atoms with Crippen molar-refractivity contribution in [3.63, 3.8) is 0 Å². The molecule has 2 fully saturated rings. The lowest BCUT2D eigenvalue weighted by Crippen LogP contribution is -2.42. The van der Waals surface area contributed by atoms with E-state index < -0.39 is 0 Å². The number of nitrogens with one attached hydrogen (secondary N) is 1. The molecule has 2 aliphatic rings. The Morgan fingerprint density at radius 1 is 1.33 bits per heavy atom. The van der Waals surface area contributed by atoms with Crippen molar-refractivity contribution < 1.29 is 4.79 Å². The largest absolute Gasteiger partial charge is 0.349 e. The first-order valence-electron chi connectivity index (χ1n) is 8.82. The number of aromatic nitrogens is 2. The molecule has 4 unspecified atom stereocenters. The van der Waals surface area contributed by atoms with Gasteiger partial charge in [0.15, 0.2) is 0 Å². The van der Waals surface area contributed by atoms with Gasteiger partial charge in [0.2, 0.25) is 0 Å². The second-order valence-electron chi connectivity index (χ2n) is 7.51. The summed E-state index contributed by atoms with van der Waals surface area (Å²) < 4.78 is 1.45. The zero-order valence-electron chi connectivity index (χ0n) is 14.2. The van der Waals surface area contributed by atoms with Crippen LogP contribution in [-0.2, 0) is 0 Å². The molecule has 5 nitrogen and oxygen atoms in total. The molecule has 2 aliphatic carbocycles. The number of fused-ring (bicyclic) bond motifs is 3. The van der Waals surface area contributed by atoms with Crippen molar-refractivity contribution in [3.05, 3.63) is 46.0 Å². The Labute approximate surface area is 141 Å². The van der Waals surface area contributed by atoms with Gasteiger partial charge in [0, 0.05) is 18.4 Å². The first-order valence-corrected chi connectivity index (χ1v) is 8.82. The number of pyridine rings is 1. The van der Waals surface area contributed by atoms with Gasteiger partial charge in [0.05, 0.1) is 0 Å². The van der Waals surface area contributed by atoms with E-state index in [0.29, 0.717) is 11.6 Å². The van der Waals surface area contributed by atoms with E-state index in [2.05, 4.69) is 17.2 Å². The van der Waals surface area contributed by atoms with Crippen LogP contribution in [0.15, 0.2) is 29.3 Å². The van der Waals surface area contributed by atoms with Crippen molar-refractivity contribution >= 4 is 11.6 Å². The lowest BCUT2D eigenvalue weighted by Gasteiger charge is -2.28. The van der Waals surface area contributed by atoms with Crippen molar-refractivity contribution in [2.45, 2.75) is 45.6 Å². The molecule has 24 heavy (non-hydrogen) atoms. The van der Waals surface area contributed by atoms with E-state index in [-0.39, 0.29) is 23.1 Å². The highest BCUT2D eigenvalue weighted by molar-refractivity contribution is 5.93. The molecule has 2 saturated carbocycles. The summed E-state index contributed by atoms with van der Waals surface area (Å²) in [7, 11) is 0. The van der Waals surface area contributed by atoms with Gasteiger partial charge in [0.25, 0.3) is 11.5 Å². The predicted octanol–water partition coefficient (Wildman–Crippen LogP) is 2.56. The van der Waals surface area contributed by atoms with Gasteiger partial charge in [0.1, 0.15) is 11.2 Å². The summed E-state index contributed by atoms with van der Waals surface area (Å²) >= 11 is 0. The number of carbonyl (C=O) groups is 1. The average molecular weight is 325 g/mol. The van der Waals surface area contributed by atoms with E-state index in [1.807, 2.05) is 13.0 Å². The topological polar surface area (TPSA) is 63.5 Å². The molecule has 0 spiro atoms. The second-order valence-corrected chi connectivity index (χ2v) is 7.51. The number of hydrogen-bond donors (Lipinski definition) is 1. The van der Waals surface area contributed by atoms with Gasteiger partial charge < -0.3 is 5.32 Å². The molecule has 4 atom stereocenters. The van der Waals surface area contributed by atoms with Gasteiger partial charge in [-0.2, -0.15) is 0 Å². The van der Waals surface area contributed by atoms with Crippen LogP contribution in [0.2, 0.25) is 0 Å². The minimum Gasteiger partial charge on any atom is -0.349 e. The summed E-state index contributed by atoms with van der Waals surface area (Å²) in [5.74, 6) is 1.82. The highest BCUT2D eigenvalue weighted by atomic mass is 16.2. The third kappa shape index (κ3) is 2.52. The maximum absolute atomic E-state index is 12.6. The monoisotopic (exact) mass is 325 g/mol. The van der Waals surface area contributed by atoms with Crippen molar-refractivity contribution in [1.29, 1.82) is 0 Å². The van der Waals surface area contributed by atoms with Gasteiger partial charge in [-0.1, -0.05) is 12.5 Å². The lowest BCUT2D eigenvalue weighted by atomic mass is 9.84. The Bertz CT molecular complexity index is 857. The molecule has 1 N–H and O–H groups in total. The summed E-state index contributed by atoms with van der Waals surface area (Å²) in [6, 6.07) is 3.79. The highest BCUT2D eigenvalue weighted by Crippen LogP contribution is 2.49. The summed E-state index contributed by atoms with van der Waals surface area (Å²) in [5.41, 5.74) is 1.33. The summed E-state index contributed by atoms with van der Waals surface area (Å²) in [6.45, 7) is 3.98. The van der Waals surface area contributed by atoms with Crippen LogP contribution in [0.1, 0.15) is 48.5 Å². The second kappa shape index (κ2) is 5.72. The van der Waals surface area contributed by atoms with Crippen LogP contribution in [-0.4, -0.2) is 21.3 Å².